The second-order valence-corrected chi connectivity index (χ2v) is 3.98. The van der Waals surface area contributed by atoms with Crippen molar-refractivity contribution < 1.29 is 19.9 Å². The van der Waals surface area contributed by atoms with Gasteiger partial charge in [-0.2, -0.15) is 10.2 Å². The Morgan fingerprint density at radius 3 is 2.14 bits per heavy atom. The SMILES string of the molecule is O=C(O)c1ccc(N=Nc2ccc([N+](=O)[O-])cc2)cc1O. The van der Waals surface area contributed by atoms with Crippen molar-refractivity contribution in [2.24, 2.45) is 10.2 Å². The molecule has 2 rings (SSSR count). The molecule has 0 saturated carbocycles. The second-order valence-electron chi connectivity index (χ2n) is 3.98. The Labute approximate surface area is 118 Å². The molecule has 21 heavy (non-hydrogen) atoms. The molecule has 8 nitrogen and oxygen atoms in total. The van der Waals surface area contributed by atoms with Crippen LogP contribution in [0, 0.1) is 10.1 Å². The van der Waals surface area contributed by atoms with Crippen molar-refractivity contribution in [3.63, 3.8) is 0 Å². The van der Waals surface area contributed by atoms with Crippen molar-refractivity contribution in [3.8, 4) is 5.75 Å². The predicted molar refractivity (Wildman–Crippen MR) is 72.3 cm³/mol. The maximum atomic E-state index is 10.7. The molecule has 2 aromatic carbocycles. The van der Waals surface area contributed by atoms with Gasteiger partial charge in [-0.1, -0.05) is 0 Å². The van der Waals surface area contributed by atoms with Gasteiger partial charge in [-0.25, -0.2) is 4.79 Å². The molecule has 2 aromatic rings. The second kappa shape index (κ2) is 5.78. The molecular formula is C13H9N3O5. The first-order valence-electron chi connectivity index (χ1n) is 5.70. The summed E-state index contributed by atoms with van der Waals surface area (Å²) in [5.74, 6) is -1.66. The Bertz CT molecular complexity index is 725. The first-order valence-corrected chi connectivity index (χ1v) is 5.70. The number of rotatable bonds is 4. The van der Waals surface area contributed by atoms with Gasteiger partial charge in [0.1, 0.15) is 11.3 Å². The average Bonchev–Trinajstić information content (AvgIpc) is 2.45. The number of nitro benzene ring substituents is 1. The number of hydrogen-bond donors (Lipinski definition) is 2. The van der Waals surface area contributed by atoms with E-state index < -0.39 is 16.6 Å². The fourth-order valence-electron chi connectivity index (χ4n) is 1.52. The Morgan fingerprint density at radius 2 is 1.62 bits per heavy atom. The topological polar surface area (TPSA) is 125 Å². The summed E-state index contributed by atoms with van der Waals surface area (Å²) < 4.78 is 0. The lowest BCUT2D eigenvalue weighted by Crippen LogP contribution is -1.95. The summed E-state index contributed by atoms with van der Waals surface area (Å²) >= 11 is 0. The zero-order valence-corrected chi connectivity index (χ0v) is 10.5. The fraction of sp³-hybridized carbons (Fsp3) is 0. The number of carboxylic acids is 1. The van der Waals surface area contributed by atoms with Crippen LogP contribution in [0.4, 0.5) is 17.1 Å². The highest BCUT2D eigenvalue weighted by Gasteiger charge is 2.09. The monoisotopic (exact) mass is 287 g/mol. The van der Waals surface area contributed by atoms with Crippen molar-refractivity contribution >= 4 is 23.0 Å². The molecular weight excluding hydrogens is 278 g/mol. The van der Waals surface area contributed by atoms with E-state index in [1.165, 1.54) is 42.5 Å². The van der Waals surface area contributed by atoms with Crippen LogP contribution < -0.4 is 0 Å². The van der Waals surface area contributed by atoms with Gasteiger partial charge in [0.25, 0.3) is 5.69 Å². The van der Waals surface area contributed by atoms with Crippen LogP contribution in [0.2, 0.25) is 0 Å². The van der Waals surface area contributed by atoms with E-state index in [2.05, 4.69) is 10.2 Å². The van der Waals surface area contributed by atoms with Crippen LogP contribution in [0.5, 0.6) is 5.75 Å². The number of azo groups is 1. The van der Waals surface area contributed by atoms with E-state index in [0.29, 0.717) is 5.69 Å². The summed E-state index contributed by atoms with van der Waals surface area (Å²) in [5, 5.41) is 36.4. The highest BCUT2D eigenvalue weighted by Crippen LogP contribution is 2.26. The average molecular weight is 287 g/mol. The molecule has 0 amide bonds. The van der Waals surface area contributed by atoms with Crippen LogP contribution in [-0.2, 0) is 0 Å². The van der Waals surface area contributed by atoms with Crippen LogP contribution >= 0.6 is 0 Å². The Balaban J connectivity index is 2.19. The van der Waals surface area contributed by atoms with Gasteiger partial charge in [-0.15, -0.1) is 0 Å². The van der Waals surface area contributed by atoms with Crippen molar-refractivity contribution in [3.05, 3.63) is 58.1 Å². The van der Waals surface area contributed by atoms with Crippen molar-refractivity contribution in [1.29, 1.82) is 0 Å². The quantitative estimate of drug-likeness (QED) is 0.506. The van der Waals surface area contributed by atoms with Crippen LogP contribution in [0.15, 0.2) is 52.7 Å². The zero-order valence-electron chi connectivity index (χ0n) is 10.5. The number of carboxylic acid groups (broad SMARTS) is 1. The van der Waals surface area contributed by atoms with E-state index >= 15 is 0 Å². The number of nitro groups is 1. The summed E-state index contributed by atoms with van der Waals surface area (Å²) in [6, 6.07) is 9.19. The predicted octanol–water partition coefficient (Wildman–Crippen LogP) is 3.41. The third-order valence-electron chi connectivity index (χ3n) is 2.55. The normalized spacial score (nSPS) is 10.7. The Kier molecular flexibility index (Phi) is 3.89. The summed E-state index contributed by atoms with van der Waals surface area (Å²) in [5.41, 5.74) is 0.361. The maximum Gasteiger partial charge on any atom is 0.339 e. The highest BCUT2D eigenvalue weighted by molar-refractivity contribution is 5.91. The largest absolute Gasteiger partial charge is 0.507 e. The van der Waals surface area contributed by atoms with Gasteiger partial charge in [0.05, 0.1) is 16.3 Å². The molecule has 0 aliphatic rings. The molecule has 0 aliphatic heterocycles. The smallest absolute Gasteiger partial charge is 0.339 e. The summed E-state index contributed by atoms with van der Waals surface area (Å²) in [4.78, 5) is 20.7. The van der Waals surface area contributed by atoms with Gasteiger partial charge in [-0.3, -0.25) is 10.1 Å². The van der Waals surface area contributed by atoms with Crippen LogP contribution in [0.1, 0.15) is 10.4 Å². The van der Waals surface area contributed by atoms with Gasteiger partial charge in [0.15, 0.2) is 0 Å². The van der Waals surface area contributed by atoms with E-state index in [1.54, 1.807) is 0 Å². The lowest BCUT2D eigenvalue weighted by atomic mass is 10.2. The Morgan fingerprint density at radius 1 is 1.05 bits per heavy atom. The number of nitrogens with zero attached hydrogens (tertiary/aromatic N) is 3. The lowest BCUT2D eigenvalue weighted by Gasteiger charge is -1.99. The zero-order chi connectivity index (χ0) is 15.4. The summed E-state index contributed by atoms with van der Waals surface area (Å²) in [7, 11) is 0. The third kappa shape index (κ3) is 3.38. The summed E-state index contributed by atoms with van der Waals surface area (Å²) in [6.07, 6.45) is 0. The number of non-ortho nitro benzene ring substituents is 1. The molecule has 0 aromatic heterocycles. The van der Waals surface area contributed by atoms with E-state index in [0.717, 1.165) is 0 Å². The van der Waals surface area contributed by atoms with E-state index in [1.807, 2.05) is 0 Å². The van der Waals surface area contributed by atoms with Gasteiger partial charge >= 0.3 is 5.97 Å². The molecule has 0 aliphatic carbocycles. The molecule has 0 saturated heterocycles. The number of hydrogen-bond acceptors (Lipinski definition) is 6. The first-order chi connectivity index (χ1) is 9.97. The number of aromatic hydroxyl groups is 1. The molecule has 0 heterocycles. The van der Waals surface area contributed by atoms with Crippen molar-refractivity contribution in [2.45, 2.75) is 0 Å². The fourth-order valence-corrected chi connectivity index (χ4v) is 1.52. The molecule has 0 radical (unpaired) electrons. The molecule has 2 N–H and O–H groups in total. The summed E-state index contributed by atoms with van der Waals surface area (Å²) in [6.45, 7) is 0. The number of carbonyl (C=O) groups is 1. The molecule has 8 heteroatoms. The number of phenols is 1. The van der Waals surface area contributed by atoms with Gasteiger partial charge < -0.3 is 10.2 Å². The van der Waals surface area contributed by atoms with E-state index in [-0.39, 0.29) is 16.9 Å². The highest BCUT2D eigenvalue weighted by atomic mass is 16.6. The van der Waals surface area contributed by atoms with E-state index in [4.69, 9.17) is 5.11 Å². The third-order valence-corrected chi connectivity index (χ3v) is 2.55. The molecule has 0 fully saturated rings. The minimum atomic E-state index is -1.24. The number of benzene rings is 2. The van der Waals surface area contributed by atoms with Gasteiger partial charge in [0, 0.05) is 18.2 Å². The van der Waals surface area contributed by atoms with Crippen LogP contribution in [0.25, 0.3) is 0 Å². The molecule has 0 bridgehead atoms. The number of aromatic carboxylic acids is 1. The van der Waals surface area contributed by atoms with Crippen molar-refractivity contribution in [1.82, 2.24) is 0 Å². The minimum absolute atomic E-state index is 0.0580. The lowest BCUT2D eigenvalue weighted by molar-refractivity contribution is -0.384. The van der Waals surface area contributed by atoms with E-state index in [9.17, 15) is 20.0 Å². The van der Waals surface area contributed by atoms with Crippen molar-refractivity contribution in [2.75, 3.05) is 0 Å². The standard InChI is InChI=1S/C13H9N3O5/c17-12-7-9(3-6-11(12)13(18)19)15-14-8-1-4-10(5-2-8)16(20)21/h1-7,17H,(H,18,19). The molecule has 0 spiro atoms. The Hall–Kier alpha value is -3.29. The maximum absolute atomic E-state index is 10.7. The van der Waals surface area contributed by atoms with Gasteiger partial charge in [-0.05, 0) is 24.3 Å². The van der Waals surface area contributed by atoms with Crippen LogP contribution in [0.3, 0.4) is 0 Å². The molecule has 0 unspecified atom stereocenters. The van der Waals surface area contributed by atoms with Gasteiger partial charge in [0.2, 0.25) is 0 Å². The molecule has 0 atom stereocenters. The van der Waals surface area contributed by atoms with Crippen LogP contribution in [-0.4, -0.2) is 21.1 Å². The molecule has 106 valence electrons. The first kappa shape index (κ1) is 14.1. The minimum Gasteiger partial charge on any atom is -0.507 e.